The van der Waals surface area contributed by atoms with Gasteiger partial charge >= 0.3 is 0 Å². The summed E-state index contributed by atoms with van der Waals surface area (Å²) >= 11 is 0. The van der Waals surface area contributed by atoms with Crippen molar-refractivity contribution in [2.45, 2.75) is 51.2 Å². The van der Waals surface area contributed by atoms with Crippen LogP contribution < -0.4 is 10.6 Å². The quantitative estimate of drug-likeness (QED) is 0.835. The van der Waals surface area contributed by atoms with Gasteiger partial charge in [0.2, 0.25) is 5.91 Å². The molecule has 5 nitrogen and oxygen atoms in total. The van der Waals surface area contributed by atoms with Crippen molar-refractivity contribution in [3.05, 3.63) is 47.0 Å². The average Bonchev–Trinajstić information content (AvgIpc) is 3.19. The lowest BCUT2D eigenvalue weighted by molar-refractivity contribution is -0.117. The molecule has 0 aromatic heterocycles. The van der Waals surface area contributed by atoms with Crippen LogP contribution in [0.2, 0.25) is 0 Å². The molecule has 3 rings (SSSR count). The van der Waals surface area contributed by atoms with E-state index in [-0.39, 0.29) is 17.9 Å². The molecule has 0 spiro atoms. The fraction of sp³-hybridized carbons (Fsp3) is 0.500. The van der Waals surface area contributed by atoms with E-state index in [4.69, 9.17) is 4.74 Å². The summed E-state index contributed by atoms with van der Waals surface area (Å²) in [5, 5.41) is 5.88. The largest absolute Gasteiger partial charge is 0.376 e. The van der Waals surface area contributed by atoms with E-state index in [1.807, 2.05) is 24.3 Å². The molecule has 1 saturated heterocycles. The van der Waals surface area contributed by atoms with Crippen LogP contribution in [0, 0.1) is 0 Å². The third-order valence-corrected chi connectivity index (χ3v) is 4.74. The van der Waals surface area contributed by atoms with E-state index in [1.165, 1.54) is 6.42 Å². The summed E-state index contributed by atoms with van der Waals surface area (Å²) < 4.78 is 5.52. The summed E-state index contributed by atoms with van der Waals surface area (Å²) in [6, 6.07) is 7.40. The Kier molecular flexibility index (Phi) is 6.23. The van der Waals surface area contributed by atoms with Crippen LogP contribution in [0.4, 0.5) is 0 Å². The van der Waals surface area contributed by atoms with Gasteiger partial charge in [-0.3, -0.25) is 9.59 Å². The zero-order valence-corrected chi connectivity index (χ0v) is 14.6. The lowest BCUT2D eigenvalue weighted by Gasteiger charge is -2.13. The fourth-order valence-corrected chi connectivity index (χ4v) is 3.28. The lowest BCUT2D eigenvalue weighted by Crippen LogP contribution is -2.31. The van der Waals surface area contributed by atoms with E-state index in [1.54, 1.807) is 6.07 Å². The number of ether oxygens (including phenoxy) is 1. The zero-order valence-electron chi connectivity index (χ0n) is 14.6. The van der Waals surface area contributed by atoms with Gasteiger partial charge < -0.3 is 15.4 Å². The molecule has 5 heteroatoms. The van der Waals surface area contributed by atoms with Gasteiger partial charge in [0.1, 0.15) is 0 Å². The Morgan fingerprint density at radius 3 is 2.80 bits per heavy atom. The Labute approximate surface area is 148 Å². The minimum absolute atomic E-state index is 0.00735. The first-order valence-electron chi connectivity index (χ1n) is 9.18. The molecule has 0 radical (unpaired) electrons. The molecule has 2 amide bonds. The molecule has 1 fully saturated rings. The third kappa shape index (κ3) is 5.16. The minimum Gasteiger partial charge on any atom is -0.376 e. The normalized spacial score (nSPS) is 20.0. The molecule has 2 aliphatic rings. The lowest BCUT2D eigenvalue weighted by atomic mass is 9.99. The third-order valence-electron chi connectivity index (χ3n) is 4.74. The maximum absolute atomic E-state index is 12.3. The maximum Gasteiger partial charge on any atom is 0.251 e. The minimum atomic E-state index is -0.0985. The van der Waals surface area contributed by atoms with E-state index in [0.717, 1.165) is 49.8 Å². The van der Waals surface area contributed by atoms with Crippen molar-refractivity contribution in [3.8, 4) is 0 Å². The first-order chi connectivity index (χ1) is 12.2. The second-order valence-corrected chi connectivity index (χ2v) is 6.70. The maximum atomic E-state index is 12.3. The van der Waals surface area contributed by atoms with Crippen molar-refractivity contribution in [2.24, 2.45) is 0 Å². The number of hydrogen-bond donors (Lipinski definition) is 2. The zero-order chi connectivity index (χ0) is 17.5. The summed E-state index contributed by atoms with van der Waals surface area (Å²) in [4.78, 5) is 24.4. The van der Waals surface area contributed by atoms with E-state index < -0.39 is 0 Å². The molecule has 1 aliphatic heterocycles. The first kappa shape index (κ1) is 17.7. The first-order valence-corrected chi connectivity index (χ1v) is 9.18. The number of amides is 2. The van der Waals surface area contributed by atoms with Gasteiger partial charge in [0, 0.05) is 30.8 Å². The second-order valence-electron chi connectivity index (χ2n) is 6.70. The smallest absolute Gasteiger partial charge is 0.251 e. The molecule has 1 aromatic carbocycles. The van der Waals surface area contributed by atoms with Crippen molar-refractivity contribution in [3.63, 3.8) is 0 Å². The monoisotopic (exact) mass is 342 g/mol. The molecule has 1 atom stereocenters. The average molecular weight is 342 g/mol. The van der Waals surface area contributed by atoms with Gasteiger partial charge in [-0.05, 0) is 56.2 Å². The van der Waals surface area contributed by atoms with Crippen LogP contribution in [0.25, 0.3) is 0 Å². The van der Waals surface area contributed by atoms with Gasteiger partial charge in [-0.1, -0.05) is 18.2 Å². The summed E-state index contributed by atoms with van der Waals surface area (Å²) in [6.07, 6.45) is 8.33. The van der Waals surface area contributed by atoms with Crippen molar-refractivity contribution >= 4 is 11.8 Å². The summed E-state index contributed by atoms with van der Waals surface area (Å²) in [6.45, 7) is 1.77. The Morgan fingerprint density at radius 2 is 2.04 bits per heavy atom. The molecule has 1 aliphatic carbocycles. The van der Waals surface area contributed by atoms with Gasteiger partial charge in [-0.25, -0.2) is 0 Å². The fourth-order valence-electron chi connectivity index (χ4n) is 3.28. The van der Waals surface area contributed by atoms with Crippen LogP contribution in [0.3, 0.4) is 0 Å². The van der Waals surface area contributed by atoms with E-state index in [2.05, 4.69) is 10.6 Å². The standard InChI is InChI=1S/C20H26N2O3/c23-19(16-7-2-1-3-8-16)21-13-15-6-4-9-17(12-15)20(24)22-14-18-10-5-11-25-18/h4,6-7,9,12,18H,1-3,5,8,10-11,13-14H2,(H,21,23)(H,22,24)/t18-/m1/s1. The molecular weight excluding hydrogens is 316 g/mol. The number of benzene rings is 1. The highest BCUT2D eigenvalue weighted by atomic mass is 16.5. The molecule has 0 saturated carbocycles. The van der Waals surface area contributed by atoms with Crippen molar-refractivity contribution in [1.29, 1.82) is 0 Å². The van der Waals surface area contributed by atoms with E-state index >= 15 is 0 Å². The number of rotatable bonds is 6. The van der Waals surface area contributed by atoms with Crippen molar-refractivity contribution in [2.75, 3.05) is 13.2 Å². The number of hydrogen-bond acceptors (Lipinski definition) is 3. The predicted molar refractivity (Wildman–Crippen MR) is 96.1 cm³/mol. The molecule has 134 valence electrons. The number of carbonyl (C=O) groups excluding carboxylic acids is 2. The van der Waals surface area contributed by atoms with Crippen LogP contribution in [0.15, 0.2) is 35.9 Å². The predicted octanol–water partition coefficient (Wildman–Crippen LogP) is 2.71. The summed E-state index contributed by atoms with van der Waals surface area (Å²) in [7, 11) is 0. The number of nitrogens with one attached hydrogen (secondary N) is 2. The Morgan fingerprint density at radius 1 is 1.12 bits per heavy atom. The highest BCUT2D eigenvalue weighted by molar-refractivity contribution is 5.95. The number of carbonyl (C=O) groups is 2. The Bertz CT molecular complexity index is 648. The van der Waals surface area contributed by atoms with Crippen LogP contribution in [-0.2, 0) is 16.1 Å². The summed E-state index contributed by atoms with van der Waals surface area (Å²) in [5.74, 6) is -0.0911. The molecule has 0 unspecified atom stereocenters. The van der Waals surface area contributed by atoms with Crippen LogP contribution in [0.5, 0.6) is 0 Å². The molecule has 0 bridgehead atoms. The molecule has 1 heterocycles. The van der Waals surface area contributed by atoms with Crippen LogP contribution in [0.1, 0.15) is 54.4 Å². The highest BCUT2D eigenvalue weighted by Gasteiger charge is 2.17. The van der Waals surface area contributed by atoms with E-state index in [0.29, 0.717) is 18.7 Å². The van der Waals surface area contributed by atoms with Gasteiger partial charge in [0.15, 0.2) is 0 Å². The Hall–Kier alpha value is -2.14. The van der Waals surface area contributed by atoms with Crippen molar-refractivity contribution in [1.82, 2.24) is 10.6 Å². The Balaban J connectivity index is 1.50. The SMILES string of the molecule is O=C(NCc1cccc(C(=O)NC[C@H]2CCCO2)c1)C1=CCCCC1. The number of allylic oxidation sites excluding steroid dienone is 1. The van der Waals surface area contributed by atoms with Crippen LogP contribution in [-0.4, -0.2) is 31.1 Å². The van der Waals surface area contributed by atoms with Crippen LogP contribution >= 0.6 is 0 Å². The van der Waals surface area contributed by atoms with Gasteiger partial charge in [-0.15, -0.1) is 0 Å². The summed E-state index contributed by atoms with van der Waals surface area (Å²) in [5.41, 5.74) is 2.42. The van der Waals surface area contributed by atoms with E-state index in [9.17, 15) is 9.59 Å². The molecular formula is C20H26N2O3. The molecule has 1 aromatic rings. The molecule has 25 heavy (non-hydrogen) atoms. The van der Waals surface area contributed by atoms with Crippen molar-refractivity contribution < 1.29 is 14.3 Å². The topological polar surface area (TPSA) is 67.4 Å². The highest BCUT2D eigenvalue weighted by Crippen LogP contribution is 2.17. The van der Waals surface area contributed by atoms with Gasteiger partial charge in [0.05, 0.1) is 6.10 Å². The second kappa shape index (κ2) is 8.81. The van der Waals surface area contributed by atoms with Gasteiger partial charge in [-0.2, -0.15) is 0 Å². The molecule has 2 N–H and O–H groups in total. The van der Waals surface area contributed by atoms with Gasteiger partial charge in [0.25, 0.3) is 5.91 Å².